The van der Waals surface area contributed by atoms with Crippen LogP contribution >= 0.6 is 0 Å². The monoisotopic (exact) mass is 262 g/mol. The Bertz CT molecular complexity index is 577. The molecule has 0 aromatic carbocycles. The molecular weight excluding hydrogens is 244 g/mol. The second-order valence-electron chi connectivity index (χ2n) is 4.81. The Morgan fingerprint density at radius 1 is 1.47 bits per heavy atom. The highest BCUT2D eigenvalue weighted by molar-refractivity contribution is 5.80. The number of hydrogen-bond acceptors (Lipinski definition) is 5. The summed E-state index contributed by atoms with van der Waals surface area (Å²) in [7, 11) is 0. The molecule has 0 aliphatic heterocycles. The molecule has 0 saturated carbocycles. The van der Waals surface area contributed by atoms with Crippen LogP contribution in [0.4, 0.5) is 5.82 Å². The SMILES string of the molecule is Cc1cc(NCC(=O)NCC(C)C)n2ncnc2n1. The van der Waals surface area contributed by atoms with E-state index < -0.39 is 0 Å². The number of carbonyl (C=O) groups is 1. The van der Waals surface area contributed by atoms with Crippen molar-refractivity contribution in [2.45, 2.75) is 20.8 Å². The van der Waals surface area contributed by atoms with Gasteiger partial charge in [-0.25, -0.2) is 4.98 Å². The number of nitrogens with zero attached hydrogens (tertiary/aromatic N) is 4. The van der Waals surface area contributed by atoms with Crippen LogP contribution < -0.4 is 10.6 Å². The lowest BCUT2D eigenvalue weighted by molar-refractivity contribution is -0.119. The molecule has 1 amide bonds. The normalized spacial score (nSPS) is 10.9. The van der Waals surface area contributed by atoms with Crippen molar-refractivity contribution in [2.75, 3.05) is 18.4 Å². The summed E-state index contributed by atoms with van der Waals surface area (Å²) < 4.78 is 1.57. The fraction of sp³-hybridized carbons (Fsp3) is 0.500. The van der Waals surface area contributed by atoms with Crippen molar-refractivity contribution in [3.8, 4) is 0 Å². The van der Waals surface area contributed by atoms with Crippen LogP contribution in [-0.4, -0.2) is 38.6 Å². The second-order valence-corrected chi connectivity index (χ2v) is 4.81. The molecule has 2 N–H and O–H groups in total. The highest BCUT2D eigenvalue weighted by Crippen LogP contribution is 2.09. The van der Waals surface area contributed by atoms with Crippen molar-refractivity contribution >= 4 is 17.5 Å². The number of rotatable bonds is 5. The third-order valence-corrected chi connectivity index (χ3v) is 2.52. The van der Waals surface area contributed by atoms with Crippen LogP contribution in [0, 0.1) is 12.8 Å². The summed E-state index contributed by atoms with van der Waals surface area (Å²) in [5.74, 6) is 1.62. The Morgan fingerprint density at radius 2 is 2.26 bits per heavy atom. The van der Waals surface area contributed by atoms with Crippen molar-refractivity contribution < 1.29 is 4.79 Å². The predicted molar refractivity (Wildman–Crippen MR) is 71.9 cm³/mol. The van der Waals surface area contributed by atoms with Gasteiger partial charge in [0.1, 0.15) is 12.1 Å². The van der Waals surface area contributed by atoms with E-state index in [4.69, 9.17) is 0 Å². The number of fused-ring (bicyclic) bond motifs is 1. The van der Waals surface area contributed by atoms with Crippen LogP contribution in [0.1, 0.15) is 19.5 Å². The van der Waals surface area contributed by atoms with Crippen LogP contribution in [0.15, 0.2) is 12.4 Å². The van der Waals surface area contributed by atoms with Crippen LogP contribution in [0.25, 0.3) is 5.78 Å². The van der Waals surface area contributed by atoms with Gasteiger partial charge in [-0.05, 0) is 12.8 Å². The number of hydrogen-bond donors (Lipinski definition) is 2. The molecule has 0 radical (unpaired) electrons. The predicted octanol–water partition coefficient (Wildman–Crippen LogP) is 0.617. The fourth-order valence-corrected chi connectivity index (χ4v) is 1.61. The Morgan fingerprint density at radius 3 is 3.00 bits per heavy atom. The minimum absolute atomic E-state index is 0.0450. The fourth-order valence-electron chi connectivity index (χ4n) is 1.61. The third-order valence-electron chi connectivity index (χ3n) is 2.52. The van der Waals surface area contributed by atoms with E-state index in [9.17, 15) is 4.79 Å². The summed E-state index contributed by atoms with van der Waals surface area (Å²) in [6, 6.07) is 1.83. The molecular formula is C12H18N6O. The molecule has 0 fully saturated rings. The van der Waals surface area contributed by atoms with E-state index >= 15 is 0 Å². The van der Waals surface area contributed by atoms with Crippen molar-refractivity contribution in [1.82, 2.24) is 24.9 Å². The molecule has 7 heteroatoms. The van der Waals surface area contributed by atoms with Gasteiger partial charge in [-0.15, -0.1) is 0 Å². The maximum absolute atomic E-state index is 11.6. The van der Waals surface area contributed by atoms with Crippen molar-refractivity contribution in [1.29, 1.82) is 0 Å². The molecule has 2 rings (SSSR count). The number of anilines is 1. The summed E-state index contributed by atoms with van der Waals surface area (Å²) in [4.78, 5) is 19.9. The summed E-state index contributed by atoms with van der Waals surface area (Å²) in [6.07, 6.45) is 1.44. The summed E-state index contributed by atoms with van der Waals surface area (Å²) >= 11 is 0. The summed E-state index contributed by atoms with van der Waals surface area (Å²) in [6.45, 7) is 6.86. The zero-order chi connectivity index (χ0) is 13.8. The quantitative estimate of drug-likeness (QED) is 0.825. The Balaban J connectivity index is 2.01. The van der Waals surface area contributed by atoms with E-state index in [1.807, 2.05) is 13.0 Å². The lowest BCUT2D eigenvalue weighted by Gasteiger charge is -2.10. The zero-order valence-corrected chi connectivity index (χ0v) is 11.3. The second kappa shape index (κ2) is 5.64. The molecule has 7 nitrogen and oxygen atoms in total. The first-order valence-corrected chi connectivity index (χ1v) is 6.24. The maximum atomic E-state index is 11.6. The summed E-state index contributed by atoms with van der Waals surface area (Å²) in [5, 5.41) is 9.95. The molecule has 2 aromatic rings. The standard InChI is InChI=1S/C12H18N6O/c1-8(2)5-14-11(19)6-13-10-4-9(3)17-12-15-7-16-18(10)12/h4,7-8,13H,5-6H2,1-3H3,(H,14,19). The van der Waals surface area contributed by atoms with E-state index in [0.717, 1.165) is 5.69 Å². The molecule has 0 atom stereocenters. The molecule has 19 heavy (non-hydrogen) atoms. The van der Waals surface area contributed by atoms with Gasteiger partial charge in [0.05, 0.1) is 6.54 Å². The van der Waals surface area contributed by atoms with E-state index in [1.165, 1.54) is 6.33 Å². The lowest BCUT2D eigenvalue weighted by atomic mass is 10.2. The number of carbonyl (C=O) groups excluding carboxylic acids is 1. The number of nitrogens with one attached hydrogen (secondary N) is 2. The minimum atomic E-state index is -0.0450. The largest absolute Gasteiger partial charge is 0.361 e. The van der Waals surface area contributed by atoms with Gasteiger partial charge in [0.25, 0.3) is 5.78 Å². The van der Waals surface area contributed by atoms with E-state index in [0.29, 0.717) is 24.1 Å². The van der Waals surface area contributed by atoms with Gasteiger partial charge in [-0.2, -0.15) is 14.6 Å². The van der Waals surface area contributed by atoms with E-state index in [1.54, 1.807) is 4.52 Å². The minimum Gasteiger partial charge on any atom is -0.361 e. The van der Waals surface area contributed by atoms with E-state index in [2.05, 4.69) is 39.5 Å². The molecule has 0 bridgehead atoms. The molecule has 0 saturated heterocycles. The van der Waals surface area contributed by atoms with Crippen molar-refractivity contribution in [3.63, 3.8) is 0 Å². The van der Waals surface area contributed by atoms with Gasteiger partial charge < -0.3 is 10.6 Å². The molecule has 0 aliphatic rings. The van der Waals surface area contributed by atoms with Gasteiger partial charge in [0, 0.05) is 18.3 Å². The van der Waals surface area contributed by atoms with Gasteiger partial charge in [0.15, 0.2) is 0 Å². The Hall–Kier alpha value is -2.18. The molecule has 0 aliphatic carbocycles. The summed E-state index contributed by atoms with van der Waals surface area (Å²) in [5.41, 5.74) is 0.825. The molecule has 0 unspecified atom stereocenters. The molecule has 2 aromatic heterocycles. The van der Waals surface area contributed by atoms with Crippen LogP contribution in [0.3, 0.4) is 0 Å². The van der Waals surface area contributed by atoms with Crippen LogP contribution in [0.5, 0.6) is 0 Å². The number of aromatic nitrogens is 4. The zero-order valence-electron chi connectivity index (χ0n) is 11.3. The topological polar surface area (TPSA) is 84.2 Å². The highest BCUT2D eigenvalue weighted by Gasteiger charge is 2.07. The molecule has 2 heterocycles. The number of amides is 1. The first-order chi connectivity index (χ1) is 9.06. The van der Waals surface area contributed by atoms with E-state index in [-0.39, 0.29) is 12.5 Å². The van der Waals surface area contributed by atoms with Crippen molar-refractivity contribution in [3.05, 3.63) is 18.1 Å². The highest BCUT2D eigenvalue weighted by atomic mass is 16.1. The Kier molecular flexibility index (Phi) is 3.94. The van der Waals surface area contributed by atoms with Gasteiger partial charge in [0.2, 0.25) is 5.91 Å². The van der Waals surface area contributed by atoms with Gasteiger partial charge >= 0.3 is 0 Å². The average molecular weight is 262 g/mol. The molecule has 102 valence electrons. The Labute approximate surface area is 111 Å². The van der Waals surface area contributed by atoms with Gasteiger partial charge in [-0.1, -0.05) is 13.8 Å². The first-order valence-electron chi connectivity index (χ1n) is 6.24. The lowest BCUT2D eigenvalue weighted by Crippen LogP contribution is -2.32. The van der Waals surface area contributed by atoms with Gasteiger partial charge in [-0.3, -0.25) is 4.79 Å². The average Bonchev–Trinajstić information content (AvgIpc) is 2.81. The van der Waals surface area contributed by atoms with Crippen LogP contribution in [0.2, 0.25) is 0 Å². The molecule has 0 spiro atoms. The smallest absolute Gasteiger partial charge is 0.254 e. The number of aryl methyl sites for hydroxylation is 1. The van der Waals surface area contributed by atoms with Crippen molar-refractivity contribution in [2.24, 2.45) is 5.92 Å². The first kappa shape index (κ1) is 13.3. The maximum Gasteiger partial charge on any atom is 0.254 e. The van der Waals surface area contributed by atoms with Crippen LogP contribution in [-0.2, 0) is 4.79 Å². The third kappa shape index (κ3) is 3.40.